The average Bonchev–Trinajstić information content (AvgIpc) is 2.47. The molecular formula is C14H16N4O. The van der Waals surface area contributed by atoms with Crippen LogP contribution in [0, 0.1) is 0 Å². The van der Waals surface area contributed by atoms with Crippen LogP contribution in [0.1, 0.15) is 6.92 Å². The van der Waals surface area contributed by atoms with Crippen molar-refractivity contribution in [2.45, 2.75) is 6.92 Å². The van der Waals surface area contributed by atoms with Crippen molar-refractivity contribution in [3.05, 3.63) is 30.7 Å². The SMILES string of the molecule is CC(=O)N1CCN(c2cncc3cccnc23)CC1. The van der Waals surface area contributed by atoms with Crippen LogP contribution in [0.15, 0.2) is 30.7 Å². The van der Waals surface area contributed by atoms with Gasteiger partial charge in [-0.1, -0.05) is 0 Å². The molecule has 0 atom stereocenters. The zero-order valence-corrected chi connectivity index (χ0v) is 10.9. The number of hydrogen-bond acceptors (Lipinski definition) is 4. The number of amides is 1. The molecule has 5 nitrogen and oxygen atoms in total. The van der Waals surface area contributed by atoms with E-state index in [1.807, 2.05) is 29.4 Å². The van der Waals surface area contributed by atoms with Crippen molar-refractivity contribution >= 4 is 22.5 Å². The van der Waals surface area contributed by atoms with Gasteiger partial charge < -0.3 is 9.80 Å². The van der Waals surface area contributed by atoms with Gasteiger partial charge in [0.1, 0.15) is 0 Å². The first-order chi connectivity index (χ1) is 9.25. The number of carbonyl (C=O) groups excluding carboxylic acids is 1. The van der Waals surface area contributed by atoms with E-state index >= 15 is 0 Å². The first-order valence-corrected chi connectivity index (χ1v) is 6.45. The molecule has 0 saturated carbocycles. The van der Waals surface area contributed by atoms with Gasteiger partial charge in [0.25, 0.3) is 0 Å². The number of carbonyl (C=O) groups is 1. The summed E-state index contributed by atoms with van der Waals surface area (Å²) in [6.07, 6.45) is 5.49. The summed E-state index contributed by atoms with van der Waals surface area (Å²) >= 11 is 0. The van der Waals surface area contributed by atoms with Crippen LogP contribution in [-0.4, -0.2) is 47.0 Å². The number of pyridine rings is 2. The second kappa shape index (κ2) is 4.84. The molecule has 1 aliphatic heterocycles. The quantitative estimate of drug-likeness (QED) is 0.771. The molecule has 0 radical (unpaired) electrons. The molecule has 5 heteroatoms. The summed E-state index contributed by atoms with van der Waals surface area (Å²) in [7, 11) is 0. The van der Waals surface area contributed by atoms with Crippen molar-refractivity contribution in [2.75, 3.05) is 31.1 Å². The van der Waals surface area contributed by atoms with Crippen LogP contribution in [0.2, 0.25) is 0 Å². The molecule has 1 fully saturated rings. The molecular weight excluding hydrogens is 240 g/mol. The minimum absolute atomic E-state index is 0.147. The minimum Gasteiger partial charge on any atom is -0.365 e. The summed E-state index contributed by atoms with van der Waals surface area (Å²) in [5.74, 6) is 0.147. The molecule has 19 heavy (non-hydrogen) atoms. The van der Waals surface area contributed by atoms with Crippen LogP contribution in [0.4, 0.5) is 5.69 Å². The van der Waals surface area contributed by atoms with Gasteiger partial charge in [-0.25, -0.2) is 0 Å². The maximum Gasteiger partial charge on any atom is 0.219 e. The summed E-state index contributed by atoms with van der Waals surface area (Å²) in [6.45, 7) is 4.81. The first kappa shape index (κ1) is 11.9. The van der Waals surface area contributed by atoms with Crippen LogP contribution >= 0.6 is 0 Å². The van der Waals surface area contributed by atoms with E-state index in [1.54, 1.807) is 13.1 Å². The molecule has 98 valence electrons. The summed E-state index contributed by atoms with van der Waals surface area (Å²) in [4.78, 5) is 24.2. The first-order valence-electron chi connectivity index (χ1n) is 6.45. The molecule has 2 aromatic heterocycles. The Kier molecular flexibility index (Phi) is 3.03. The predicted molar refractivity (Wildman–Crippen MR) is 74.0 cm³/mol. The van der Waals surface area contributed by atoms with Crippen molar-refractivity contribution in [2.24, 2.45) is 0 Å². The fourth-order valence-electron chi connectivity index (χ4n) is 2.48. The molecule has 3 rings (SSSR count). The second-order valence-corrected chi connectivity index (χ2v) is 4.73. The molecule has 3 heterocycles. The standard InChI is InChI=1S/C14H16N4O/c1-11(19)17-5-7-18(8-6-17)13-10-15-9-12-3-2-4-16-14(12)13/h2-4,9-10H,5-8H2,1H3. The normalized spacial score (nSPS) is 15.8. The Hall–Kier alpha value is -2.17. The lowest BCUT2D eigenvalue weighted by atomic mass is 10.2. The highest BCUT2D eigenvalue weighted by atomic mass is 16.2. The lowest BCUT2D eigenvalue weighted by Crippen LogP contribution is -2.48. The third-order valence-electron chi connectivity index (χ3n) is 3.56. The van der Waals surface area contributed by atoms with E-state index in [0.29, 0.717) is 0 Å². The van der Waals surface area contributed by atoms with Gasteiger partial charge in [0.2, 0.25) is 5.91 Å². The van der Waals surface area contributed by atoms with Gasteiger partial charge in [0.05, 0.1) is 17.4 Å². The second-order valence-electron chi connectivity index (χ2n) is 4.73. The lowest BCUT2D eigenvalue weighted by Gasteiger charge is -2.35. The minimum atomic E-state index is 0.147. The Morgan fingerprint density at radius 1 is 1.21 bits per heavy atom. The molecule has 0 N–H and O–H groups in total. The number of rotatable bonds is 1. The average molecular weight is 256 g/mol. The van der Waals surface area contributed by atoms with E-state index in [4.69, 9.17) is 0 Å². The van der Waals surface area contributed by atoms with E-state index in [2.05, 4.69) is 14.9 Å². The number of nitrogens with zero attached hydrogens (tertiary/aromatic N) is 4. The van der Waals surface area contributed by atoms with Crippen LogP contribution in [0.25, 0.3) is 10.9 Å². The molecule has 1 saturated heterocycles. The topological polar surface area (TPSA) is 49.3 Å². The summed E-state index contributed by atoms with van der Waals surface area (Å²) < 4.78 is 0. The van der Waals surface area contributed by atoms with Crippen molar-refractivity contribution < 1.29 is 4.79 Å². The van der Waals surface area contributed by atoms with E-state index in [-0.39, 0.29) is 5.91 Å². The number of aromatic nitrogens is 2. The van der Waals surface area contributed by atoms with Crippen LogP contribution in [0.5, 0.6) is 0 Å². The molecule has 0 aromatic carbocycles. The summed E-state index contributed by atoms with van der Waals surface area (Å²) in [6, 6.07) is 3.94. The zero-order valence-electron chi connectivity index (χ0n) is 10.9. The lowest BCUT2D eigenvalue weighted by molar-refractivity contribution is -0.129. The Labute approximate surface area is 111 Å². The molecule has 1 amide bonds. The highest BCUT2D eigenvalue weighted by Gasteiger charge is 2.20. The maximum atomic E-state index is 11.3. The van der Waals surface area contributed by atoms with E-state index in [1.165, 1.54) is 0 Å². The van der Waals surface area contributed by atoms with Crippen LogP contribution in [-0.2, 0) is 4.79 Å². The van der Waals surface area contributed by atoms with Crippen LogP contribution in [0.3, 0.4) is 0 Å². The Bertz CT molecular complexity index is 600. The van der Waals surface area contributed by atoms with Gasteiger partial charge in [-0.05, 0) is 12.1 Å². The predicted octanol–water partition coefficient (Wildman–Crippen LogP) is 1.30. The molecule has 0 unspecified atom stereocenters. The highest BCUT2D eigenvalue weighted by Crippen LogP contribution is 2.24. The van der Waals surface area contributed by atoms with E-state index in [9.17, 15) is 4.79 Å². The van der Waals surface area contributed by atoms with Gasteiger partial charge in [-0.15, -0.1) is 0 Å². The third-order valence-corrected chi connectivity index (χ3v) is 3.56. The van der Waals surface area contributed by atoms with E-state index < -0.39 is 0 Å². The van der Waals surface area contributed by atoms with Gasteiger partial charge in [0.15, 0.2) is 0 Å². The molecule has 0 bridgehead atoms. The Morgan fingerprint density at radius 3 is 2.74 bits per heavy atom. The van der Waals surface area contributed by atoms with Gasteiger partial charge in [-0.2, -0.15) is 0 Å². The fourth-order valence-corrected chi connectivity index (χ4v) is 2.48. The summed E-state index contributed by atoms with van der Waals surface area (Å²) in [5, 5.41) is 1.05. The Balaban J connectivity index is 1.88. The van der Waals surface area contributed by atoms with Gasteiger partial charge in [-0.3, -0.25) is 14.8 Å². The fraction of sp³-hybridized carbons (Fsp3) is 0.357. The van der Waals surface area contributed by atoms with Crippen molar-refractivity contribution in [3.8, 4) is 0 Å². The molecule has 0 aliphatic carbocycles. The molecule has 1 aliphatic rings. The number of piperazine rings is 1. The monoisotopic (exact) mass is 256 g/mol. The van der Waals surface area contributed by atoms with Crippen molar-refractivity contribution in [1.29, 1.82) is 0 Å². The molecule has 2 aromatic rings. The summed E-state index contributed by atoms with van der Waals surface area (Å²) in [5.41, 5.74) is 2.04. The van der Waals surface area contributed by atoms with Crippen LogP contribution < -0.4 is 4.90 Å². The number of anilines is 1. The molecule has 0 spiro atoms. The van der Waals surface area contributed by atoms with Gasteiger partial charge in [0, 0.05) is 50.9 Å². The third kappa shape index (κ3) is 2.23. The maximum absolute atomic E-state index is 11.3. The largest absolute Gasteiger partial charge is 0.365 e. The van der Waals surface area contributed by atoms with Crippen molar-refractivity contribution in [3.63, 3.8) is 0 Å². The zero-order chi connectivity index (χ0) is 13.2. The highest BCUT2D eigenvalue weighted by molar-refractivity contribution is 5.89. The van der Waals surface area contributed by atoms with E-state index in [0.717, 1.165) is 42.8 Å². The Morgan fingerprint density at radius 2 is 2.00 bits per heavy atom. The van der Waals surface area contributed by atoms with Crippen molar-refractivity contribution in [1.82, 2.24) is 14.9 Å². The smallest absolute Gasteiger partial charge is 0.219 e. The number of hydrogen-bond donors (Lipinski definition) is 0. The number of fused-ring (bicyclic) bond motifs is 1. The van der Waals surface area contributed by atoms with Gasteiger partial charge >= 0.3 is 0 Å².